The van der Waals surface area contributed by atoms with Gasteiger partial charge < -0.3 is 15.1 Å². The molecular formula is C23H18FN3O2. The topological polar surface area (TPSA) is 67.2 Å². The summed E-state index contributed by atoms with van der Waals surface area (Å²) in [5.41, 5.74) is 4.69. The second-order valence-electron chi connectivity index (χ2n) is 6.57. The number of hydrogen-bond acceptors (Lipinski definition) is 3. The van der Waals surface area contributed by atoms with Crippen molar-refractivity contribution in [2.75, 3.05) is 10.6 Å². The SMILES string of the molecule is Cc1ccc(-c2coc(-c3ccc(NC(=O)Nc4cccc(F)c4)cc3)n2)cc1. The molecule has 29 heavy (non-hydrogen) atoms. The molecule has 6 heteroatoms. The molecule has 0 aliphatic rings. The average Bonchev–Trinajstić information content (AvgIpc) is 3.19. The number of halogens is 1. The summed E-state index contributed by atoms with van der Waals surface area (Å²) in [6.07, 6.45) is 1.62. The Labute approximate surface area is 167 Å². The van der Waals surface area contributed by atoms with Gasteiger partial charge in [-0.3, -0.25) is 0 Å². The number of aryl methyl sites for hydroxylation is 1. The molecule has 1 heterocycles. The Morgan fingerprint density at radius 1 is 0.897 bits per heavy atom. The molecule has 3 aromatic carbocycles. The lowest BCUT2D eigenvalue weighted by molar-refractivity contribution is 0.262. The number of anilines is 2. The first-order chi connectivity index (χ1) is 14.1. The predicted molar refractivity (Wildman–Crippen MR) is 111 cm³/mol. The van der Waals surface area contributed by atoms with Crippen molar-refractivity contribution in [1.29, 1.82) is 0 Å². The molecule has 0 saturated heterocycles. The number of hydrogen-bond donors (Lipinski definition) is 2. The molecule has 0 aliphatic carbocycles. The van der Waals surface area contributed by atoms with E-state index in [0.717, 1.165) is 16.8 Å². The highest BCUT2D eigenvalue weighted by molar-refractivity contribution is 5.99. The fraction of sp³-hybridized carbons (Fsp3) is 0.0435. The Kier molecular flexibility index (Phi) is 5.07. The number of rotatable bonds is 4. The Hall–Kier alpha value is -3.93. The van der Waals surface area contributed by atoms with Crippen LogP contribution in [0.2, 0.25) is 0 Å². The van der Waals surface area contributed by atoms with E-state index in [-0.39, 0.29) is 0 Å². The zero-order valence-electron chi connectivity index (χ0n) is 15.6. The molecule has 2 N–H and O–H groups in total. The Bertz CT molecular complexity index is 1140. The summed E-state index contributed by atoms with van der Waals surface area (Å²) in [4.78, 5) is 16.6. The van der Waals surface area contributed by atoms with Crippen LogP contribution in [0.5, 0.6) is 0 Å². The van der Waals surface area contributed by atoms with Gasteiger partial charge in [0.15, 0.2) is 0 Å². The fourth-order valence-electron chi connectivity index (χ4n) is 2.82. The van der Waals surface area contributed by atoms with Crippen molar-refractivity contribution in [3.05, 3.63) is 90.4 Å². The van der Waals surface area contributed by atoms with Crippen molar-refractivity contribution in [3.8, 4) is 22.7 Å². The van der Waals surface area contributed by atoms with E-state index in [1.165, 1.54) is 23.8 Å². The van der Waals surface area contributed by atoms with Gasteiger partial charge in [0.05, 0.1) is 0 Å². The summed E-state index contributed by atoms with van der Waals surface area (Å²) in [5.74, 6) is 0.0828. The molecule has 0 atom stereocenters. The predicted octanol–water partition coefficient (Wildman–Crippen LogP) is 6.10. The molecule has 5 nitrogen and oxygen atoms in total. The summed E-state index contributed by atoms with van der Waals surface area (Å²) in [6, 6.07) is 20.4. The first kappa shape index (κ1) is 18.4. The number of amides is 2. The number of aromatic nitrogens is 1. The minimum Gasteiger partial charge on any atom is -0.444 e. The second kappa shape index (κ2) is 7.98. The molecule has 0 bridgehead atoms. The summed E-state index contributed by atoms with van der Waals surface area (Å²) in [6.45, 7) is 2.03. The Morgan fingerprint density at radius 2 is 1.59 bits per heavy atom. The number of carbonyl (C=O) groups is 1. The third-order valence-corrected chi connectivity index (χ3v) is 4.32. The van der Waals surface area contributed by atoms with Crippen LogP contribution in [0.1, 0.15) is 5.56 Å². The minimum absolute atomic E-state index is 0.377. The van der Waals surface area contributed by atoms with E-state index >= 15 is 0 Å². The van der Waals surface area contributed by atoms with E-state index in [4.69, 9.17) is 4.42 Å². The molecule has 0 unspecified atom stereocenters. The molecule has 144 valence electrons. The zero-order chi connectivity index (χ0) is 20.2. The summed E-state index contributed by atoms with van der Waals surface area (Å²) in [5, 5.41) is 5.28. The maximum atomic E-state index is 13.2. The first-order valence-electron chi connectivity index (χ1n) is 9.03. The van der Waals surface area contributed by atoms with Crippen molar-refractivity contribution < 1.29 is 13.6 Å². The number of nitrogens with zero attached hydrogens (tertiary/aromatic N) is 1. The first-order valence-corrected chi connectivity index (χ1v) is 9.03. The molecule has 0 aliphatic heterocycles. The molecule has 1 aromatic heterocycles. The maximum absolute atomic E-state index is 13.2. The standard InChI is InChI=1S/C23H18FN3O2/c1-15-5-7-16(8-6-15)21-14-29-22(27-21)17-9-11-19(12-10-17)25-23(28)26-20-4-2-3-18(24)13-20/h2-14H,1H3,(H2,25,26,28). The van der Waals surface area contributed by atoms with E-state index in [2.05, 4.69) is 15.6 Å². The van der Waals surface area contributed by atoms with Crippen LogP contribution in [0, 0.1) is 12.7 Å². The van der Waals surface area contributed by atoms with Gasteiger partial charge >= 0.3 is 6.03 Å². The number of urea groups is 1. The molecule has 0 fully saturated rings. The lowest BCUT2D eigenvalue weighted by Gasteiger charge is -2.08. The quantitative estimate of drug-likeness (QED) is 0.445. The number of oxazole rings is 1. The van der Waals surface area contributed by atoms with Crippen molar-refractivity contribution in [1.82, 2.24) is 4.98 Å². The van der Waals surface area contributed by atoms with E-state index in [0.29, 0.717) is 17.3 Å². The molecule has 4 aromatic rings. The van der Waals surface area contributed by atoms with E-state index in [1.807, 2.05) is 43.3 Å². The largest absolute Gasteiger partial charge is 0.444 e. The monoisotopic (exact) mass is 387 g/mol. The summed E-state index contributed by atoms with van der Waals surface area (Å²) in [7, 11) is 0. The number of benzene rings is 3. The lowest BCUT2D eigenvalue weighted by atomic mass is 10.1. The van der Waals surface area contributed by atoms with Crippen LogP contribution in [0.25, 0.3) is 22.7 Å². The Morgan fingerprint density at radius 3 is 2.31 bits per heavy atom. The van der Waals surface area contributed by atoms with Crippen LogP contribution >= 0.6 is 0 Å². The highest BCUT2D eigenvalue weighted by Crippen LogP contribution is 2.26. The van der Waals surface area contributed by atoms with Gasteiger partial charge in [-0.05, 0) is 49.4 Å². The summed E-state index contributed by atoms with van der Waals surface area (Å²) >= 11 is 0. The zero-order valence-corrected chi connectivity index (χ0v) is 15.6. The van der Waals surface area contributed by atoms with Gasteiger partial charge in [0.2, 0.25) is 5.89 Å². The molecule has 2 amide bonds. The minimum atomic E-state index is -0.457. The molecule has 0 radical (unpaired) electrons. The Balaban J connectivity index is 1.43. The van der Waals surface area contributed by atoms with Gasteiger partial charge in [-0.15, -0.1) is 0 Å². The van der Waals surface area contributed by atoms with Crippen molar-refractivity contribution in [2.45, 2.75) is 6.92 Å². The van der Waals surface area contributed by atoms with Crippen LogP contribution in [0.4, 0.5) is 20.6 Å². The normalized spacial score (nSPS) is 10.6. The maximum Gasteiger partial charge on any atom is 0.323 e. The highest BCUT2D eigenvalue weighted by atomic mass is 19.1. The van der Waals surface area contributed by atoms with E-state index < -0.39 is 11.8 Å². The van der Waals surface area contributed by atoms with Gasteiger partial charge in [0.25, 0.3) is 0 Å². The fourth-order valence-corrected chi connectivity index (χ4v) is 2.82. The summed E-state index contributed by atoms with van der Waals surface area (Å²) < 4.78 is 18.8. The van der Waals surface area contributed by atoms with Crippen molar-refractivity contribution >= 4 is 17.4 Å². The van der Waals surface area contributed by atoms with Crippen LogP contribution in [-0.2, 0) is 0 Å². The third-order valence-electron chi connectivity index (χ3n) is 4.32. The van der Waals surface area contributed by atoms with Crippen molar-refractivity contribution in [3.63, 3.8) is 0 Å². The van der Waals surface area contributed by atoms with Crippen LogP contribution in [-0.4, -0.2) is 11.0 Å². The van der Waals surface area contributed by atoms with Crippen LogP contribution in [0.15, 0.2) is 83.5 Å². The number of carbonyl (C=O) groups excluding carboxylic acids is 1. The number of nitrogens with one attached hydrogen (secondary N) is 2. The van der Waals surface area contributed by atoms with E-state index in [1.54, 1.807) is 24.5 Å². The van der Waals surface area contributed by atoms with Gasteiger partial charge in [0, 0.05) is 22.5 Å². The second-order valence-corrected chi connectivity index (χ2v) is 6.57. The molecule has 0 saturated carbocycles. The highest BCUT2D eigenvalue weighted by Gasteiger charge is 2.09. The molecular weight excluding hydrogens is 369 g/mol. The lowest BCUT2D eigenvalue weighted by Crippen LogP contribution is -2.19. The van der Waals surface area contributed by atoms with Crippen LogP contribution in [0.3, 0.4) is 0 Å². The van der Waals surface area contributed by atoms with Gasteiger partial charge in [-0.25, -0.2) is 14.2 Å². The van der Waals surface area contributed by atoms with Gasteiger partial charge in [-0.2, -0.15) is 0 Å². The van der Waals surface area contributed by atoms with E-state index in [9.17, 15) is 9.18 Å². The third kappa shape index (κ3) is 4.50. The molecule has 4 rings (SSSR count). The van der Waals surface area contributed by atoms with Gasteiger partial charge in [0.1, 0.15) is 17.8 Å². The smallest absolute Gasteiger partial charge is 0.323 e. The average molecular weight is 387 g/mol. The van der Waals surface area contributed by atoms with Gasteiger partial charge in [-0.1, -0.05) is 35.9 Å². The van der Waals surface area contributed by atoms with Crippen molar-refractivity contribution in [2.24, 2.45) is 0 Å². The molecule has 0 spiro atoms. The van der Waals surface area contributed by atoms with Crippen LogP contribution < -0.4 is 10.6 Å².